The fourth-order valence-corrected chi connectivity index (χ4v) is 5.58. The number of nitrogens with zero attached hydrogens (tertiary/aromatic N) is 3. The Morgan fingerprint density at radius 2 is 1.90 bits per heavy atom. The highest BCUT2D eigenvalue weighted by atomic mass is 32.2. The molecule has 0 saturated carbocycles. The maximum atomic E-state index is 12.4. The molecule has 8 heteroatoms. The fraction of sp³-hybridized carbons (Fsp3) is 0.333. The van der Waals surface area contributed by atoms with Crippen molar-refractivity contribution in [3.8, 4) is 0 Å². The molecular weight excluding hydrogens is 404 g/mol. The summed E-state index contributed by atoms with van der Waals surface area (Å²) in [6.45, 7) is 0. The number of aromatic nitrogens is 2. The van der Waals surface area contributed by atoms with Crippen molar-refractivity contribution < 1.29 is 9.59 Å². The molecule has 2 amide bonds. The van der Waals surface area contributed by atoms with Crippen LogP contribution in [0, 0.1) is 0 Å². The Morgan fingerprint density at radius 3 is 2.66 bits per heavy atom. The summed E-state index contributed by atoms with van der Waals surface area (Å²) in [6.07, 6.45) is 6.21. The largest absolute Gasteiger partial charge is 0.345 e. The minimum absolute atomic E-state index is 0.0645. The molecule has 1 aliphatic rings. The number of amides is 2. The highest BCUT2D eigenvalue weighted by Crippen LogP contribution is 2.39. The summed E-state index contributed by atoms with van der Waals surface area (Å²) < 4.78 is 0. The van der Waals surface area contributed by atoms with E-state index in [1.165, 1.54) is 39.9 Å². The molecule has 1 N–H and O–H groups in total. The summed E-state index contributed by atoms with van der Waals surface area (Å²) in [5, 5.41) is 4.91. The smallest absolute Gasteiger partial charge is 0.253 e. The number of fused-ring (bicyclic) bond motifs is 3. The molecule has 3 aromatic rings. The second kappa shape index (κ2) is 8.51. The molecule has 0 atom stereocenters. The Labute approximate surface area is 177 Å². The van der Waals surface area contributed by atoms with Gasteiger partial charge >= 0.3 is 0 Å². The predicted molar refractivity (Wildman–Crippen MR) is 118 cm³/mol. The molecule has 6 nitrogen and oxygen atoms in total. The van der Waals surface area contributed by atoms with Gasteiger partial charge in [0.25, 0.3) is 5.91 Å². The number of aryl methyl sites for hydroxylation is 2. The molecule has 1 aliphatic carbocycles. The Balaban J connectivity index is 1.42. The number of thiophene rings is 1. The molecule has 150 valence electrons. The third-order valence-corrected chi connectivity index (χ3v) is 7.07. The highest BCUT2D eigenvalue weighted by molar-refractivity contribution is 8.00. The van der Waals surface area contributed by atoms with Gasteiger partial charge in [-0.3, -0.25) is 9.59 Å². The van der Waals surface area contributed by atoms with E-state index in [0.29, 0.717) is 11.3 Å². The summed E-state index contributed by atoms with van der Waals surface area (Å²) in [6, 6.07) is 6.93. The van der Waals surface area contributed by atoms with Crippen LogP contribution >= 0.6 is 23.1 Å². The lowest BCUT2D eigenvalue weighted by Gasteiger charge is -2.12. The Morgan fingerprint density at radius 1 is 1.14 bits per heavy atom. The summed E-state index contributed by atoms with van der Waals surface area (Å²) in [5.74, 6) is 0.109. The van der Waals surface area contributed by atoms with Crippen molar-refractivity contribution in [2.75, 3.05) is 25.2 Å². The van der Waals surface area contributed by atoms with Crippen LogP contribution in [-0.4, -0.2) is 46.5 Å². The van der Waals surface area contributed by atoms with Crippen molar-refractivity contribution in [2.45, 2.75) is 30.7 Å². The molecule has 0 fully saturated rings. The molecule has 1 aromatic carbocycles. The van der Waals surface area contributed by atoms with Gasteiger partial charge < -0.3 is 10.2 Å². The number of anilines is 1. The zero-order valence-corrected chi connectivity index (χ0v) is 18.0. The van der Waals surface area contributed by atoms with Crippen LogP contribution in [0.25, 0.3) is 10.2 Å². The number of hydrogen-bond acceptors (Lipinski definition) is 6. The average molecular weight is 427 g/mol. The normalized spacial score (nSPS) is 13.2. The van der Waals surface area contributed by atoms with Crippen molar-refractivity contribution in [1.82, 2.24) is 14.9 Å². The van der Waals surface area contributed by atoms with E-state index in [0.717, 1.165) is 28.1 Å². The van der Waals surface area contributed by atoms with Crippen LogP contribution < -0.4 is 5.32 Å². The predicted octanol–water partition coefficient (Wildman–Crippen LogP) is 4.00. The third-order valence-electron chi connectivity index (χ3n) is 4.88. The first-order valence-electron chi connectivity index (χ1n) is 9.52. The topological polar surface area (TPSA) is 75.2 Å². The number of carbonyl (C=O) groups excluding carboxylic acids is 2. The van der Waals surface area contributed by atoms with Gasteiger partial charge in [0.1, 0.15) is 16.2 Å². The molecule has 29 heavy (non-hydrogen) atoms. The number of thioether (sulfide) groups is 1. The van der Waals surface area contributed by atoms with Crippen molar-refractivity contribution >= 4 is 50.8 Å². The first-order chi connectivity index (χ1) is 14.0. The Hall–Kier alpha value is -2.45. The van der Waals surface area contributed by atoms with E-state index in [2.05, 4.69) is 15.3 Å². The number of hydrogen-bond donors (Lipinski definition) is 1. The van der Waals surface area contributed by atoms with Crippen LogP contribution in [0.1, 0.15) is 33.6 Å². The third kappa shape index (κ3) is 4.28. The number of benzene rings is 1. The van der Waals surface area contributed by atoms with E-state index in [9.17, 15) is 9.59 Å². The minimum atomic E-state index is -0.0995. The molecular formula is C21H22N4O2S2. The zero-order valence-electron chi connectivity index (χ0n) is 16.4. The second-order valence-electron chi connectivity index (χ2n) is 7.18. The summed E-state index contributed by atoms with van der Waals surface area (Å²) in [4.78, 5) is 37.2. The van der Waals surface area contributed by atoms with E-state index in [1.807, 2.05) is 0 Å². The highest BCUT2D eigenvalue weighted by Gasteiger charge is 2.20. The van der Waals surface area contributed by atoms with Gasteiger partial charge in [0.15, 0.2) is 0 Å². The molecule has 0 unspecified atom stereocenters. The molecule has 2 heterocycles. The van der Waals surface area contributed by atoms with Crippen molar-refractivity contribution in [1.29, 1.82) is 0 Å². The van der Waals surface area contributed by atoms with Gasteiger partial charge in [0.05, 0.1) is 5.75 Å². The van der Waals surface area contributed by atoms with Gasteiger partial charge in [-0.25, -0.2) is 9.97 Å². The lowest BCUT2D eigenvalue weighted by atomic mass is 9.97. The molecule has 2 aromatic heterocycles. The first kappa shape index (κ1) is 19.8. The van der Waals surface area contributed by atoms with Crippen LogP contribution in [0.3, 0.4) is 0 Å². The number of nitrogens with one attached hydrogen (secondary N) is 1. The SMILES string of the molecule is CN(C)C(=O)c1ccc(NC(=O)CSc2ncnc3sc4c(c23)CCCC4)cc1. The first-order valence-corrected chi connectivity index (χ1v) is 11.3. The van der Waals surface area contributed by atoms with Crippen LogP contribution in [0.4, 0.5) is 5.69 Å². The molecule has 0 bridgehead atoms. The number of rotatable bonds is 5. The van der Waals surface area contributed by atoms with Gasteiger partial charge in [-0.1, -0.05) is 11.8 Å². The molecule has 0 saturated heterocycles. The van der Waals surface area contributed by atoms with Crippen molar-refractivity contribution in [3.63, 3.8) is 0 Å². The molecule has 0 radical (unpaired) electrons. The summed E-state index contributed by atoms with van der Waals surface area (Å²) >= 11 is 3.21. The average Bonchev–Trinajstić information content (AvgIpc) is 3.11. The molecule has 4 rings (SSSR count). The number of carbonyl (C=O) groups is 2. The molecule has 0 spiro atoms. The standard InChI is InChI=1S/C21H22N4O2S2/c1-25(2)21(27)13-7-9-14(10-8-13)24-17(26)11-28-19-18-15-5-3-4-6-16(15)29-20(18)23-12-22-19/h7-10,12H,3-6,11H2,1-2H3,(H,24,26). The Kier molecular flexibility index (Phi) is 5.82. The monoisotopic (exact) mass is 426 g/mol. The second-order valence-corrected chi connectivity index (χ2v) is 9.23. The van der Waals surface area contributed by atoms with E-state index >= 15 is 0 Å². The minimum Gasteiger partial charge on any atom is -0.345 e. The van der Waals surface area contributed by atoms with E-state index < -0.39 is 0 Å². The van der Waals surface area contributed by atoms with E-state index in [1.54, 1.807) is 56.0 Å². The van der Waals surface area contributed by atoms with Gasteiger partial charge in [0, 0.05) is 35.6 Å². The van der Waals surface area contributed by atoms with Crippen LogP contribution in [0.15, 0.2) is 35.6 Å². The van der Waals surface area contributed by atoms with Gasteiger partial charge in [-0.2, -0.15) is 0 Å². The van der Waals surface area contributed by atoms with Crippen molar-refractivity contribution in [3.05, 3.63) is 46.6 Å². The maximum Gasteiger partial charge on any atom is 0.253 e. The van der Waals surface area contributed by atoms with Crippen LogP contribution in [0.5, 0.6) is 0 Å². The summed E-state index contributed by atoms with van der Waals surface area (Å²) in [5.41, 5.74) is 2.64. The maximum absolute atomic E-state index is 12.4. The van der Waals surface area contributed by atoms with Gasteiger partial charge in [0.2, 0.25) is 5.91 Å². The Bertz CT molecular complexity index is 1060. The zero-order chi connectivity index (χ0) is 20.4. The van der Waals surface area contributed by atoms with Crippen molar-refractivity contribution in [2.24, 2.45) is 0 Å². The van der Waals surface area contributed by atoms with E-state index in [-0.39, 0.29) is 17.6 Å². The van der Waals surface area contributed by atoms with Gasteiger partial charge in [-0.15, -0.1) is 11.3 Å². The fourth-order valence-electron chi connectivity index (χ4n) is 3.46. The van der Waals surface area contributed by atoms with Gasteiger partial charge in [-0.05, 0) is 55.5 Å². The lowest BCUT2D eigenvalue weighted by Crippen LogP contribution is -2.21. The quantitative estimate of drug-likeness (QED) is 0.493. The van der Waals surface area contributed by atoms with E-state index in [4.69, 9.17) is 0 Å². The van der Waals surface area contributed by atoms with Crippen LogP contribution in [0.2, 0.25) is 0 Å². The lowest BCUT2D eigenvalue weighted by molar-refractivity contribution is -0.113. The summed E-state index contributed by atoms with van der Waals surface area (Å²) in [7, 11) is 3.42. The molecule has 0 aliphatic heterocycles. The van der Waals surface area contributed by atoms with Crippen LogP contribution in [-0.2, 0) is 17.6 Å².